The molecule has 0 unspecified atom stereocenters. The molecule has 2 saturated heterocycles. The first kappa shape index (κ1) is 18.7. The molecule has 7 nitrogen and oxygen atoms in total. The number of nitrogens with zero attached hydrogens (tertiary/aromatic N) is 3. The van der Waals surface area contributed by atoms with Crippen LogP contribution in [0.2, 0.25) is 0 Å². The van der Waals surface area contributed by atoms with Crippen molar-refractivity contribution in [1.29, 1.82) is 0 Å². The SMILES string of the molecule is C#CCOC(=O)N1CCC(c2nc(C(=O)N3COCC3(C)C)cs2)CC1. The number of amides is 2. The summed E-state index contributed by atoms with van der Waals surface area (Å²) in [4.78, 5) is 32.5. The van der Waals surface area contributed by atoms with Gasteiger partial charge in [-0.25, -0.2) is 9.78 Å². The normalized spacial score (nSPS) is 20.0. The molecule has 140 valence electrons. The van der Waals surface area contributed by atoms with Gasteiger partial charge in [-0.15, -0.1) is 17.8 Å². The molecule has 0 spiro atoms. The number of carbonyl (C=O) groups excluding carboxylic acids is 2. The zero-order valence-corrected chi connectivity index (χ0v) is 15.9. The number of thiazole rings is 1. The molecular formula is C18H23N3O4S. The molecule has 0 bridgehead atoms. The molecule has 0 aromatic carbocycles. The number of rotatable bonds is 3. The van der Waals surface area contributed by atoms with E-state index in [9.17, 15) is 9.59 Å². The highest BCUT2D eigenvalue weighted by molar-refractivity contribution is 7.09. The fraction of sp³-hybridized carbons (Fsp3) is 0.611. The van der Waals surface area contributed by atoms with Gasteiger partial charge in [0.15, 0.2) is 6.61 Å². The third kappa shape index (κ3) is 3.84. The molecule has 0 atom stereocenters. The first-order chi connectivity index (χ1) is 12.4. The van der Waals surface area contributed by atoms with Gasteiger partial charge in [0.05, 0.1) is 17.2 Å². The van der Waals surface area contributed by atoms with Gasteiger partial charge in [-0.05, 0) is 26.7 Å². The van der Waals surface area contributed by atoms with Gasteiger partial charge >= 0.3 is 6.09 Å². The van der Waals surface area contributed by atoms with Crippen molar-refractivity contribution in [3.8, 4) is 12.3 Å². The second-order valence-corrected chi connectivity index (χ2v) is 8.00. The number of terminal acetylenes is 1. The average molecular weight is 377 g/mol. The predicted octanol–water partition coefficient (Wildman–Crippen LogP) is 2.30. The fourth-order valence-electron chi connectivity index (χ4n) is 3.19. The Bertz CT molecular complexity index is 716. The van der Waals surface area contributed by atoms with E-state index in [4.69, 9.17) is 15.9 Å². The summed E-state index contributed by atoms with van der Waals surface area (Å²) in [6.45, 7) is 6.00. The lowest BCUT2D eigenvalue weighted by molar-refractivity contribution is 0.0600. The van der Waals surface area contributed by atoms with Crippen molar-refractivity contribution in [2.24, 2.45) is 0 Å². The van der Waals surface area contributed by atoms with E-state index in [0.717, 1.165) is 17.8 Å². The van der Waals surface area contributed by atoms with E-state index in [-0.39, 0.29) is 30.1 Å². The van der Waals surface area contributed by atoms with Crippen LogP contribution in [0.15, 0.2) is 5.38 Å². The van der Waals surface area contributed by atoms with Crippen LogP contribution in [-0.4, -0.2) is 65.4 Å². The third-order valence-electron chi connectivity index (χ3n) is 4.77. The van der Waals surface area contributed by atoms with E-state index >= 15 is 0 Å². The number of hydrogen-bond donors (Lipinski definition) is 0. The molecule has 0 saturated carbocycles. The van der Waals surface area contributed by atoms with Gasteiger partial charge in [-0.3, -0.25) is 4.79 Å². The van der Waals surface area contributed by atoms with Crippen molar-refractivity contribution in [2.75, 3.05) is 33.0 Å². The van der Waals surface area contributed by atoms with Gasteiger partial charge in [0.2, 0.25) is 0 Å². The lowest BCUT2D eigenvalue weighted by Crippen LogP contribution is -2.44. The van der Waals surface area contributed by atoms with Crippen LogP contribution >= 0.6 is 11.3 Å². The first-order valence-electron chi connectivity index (χ1n) is 8.62. The van der Waals surface area contributed by atoms with Crippen molar-refractivity contribution in [3.05, 3.63) is 16.1 Å². The van der Waals surface area contributed by atoms with Crippen LogP contribution < -0.4 is 0 Å². The average Bonchev–Trinajstić information content (AvgIpc) is 3.25. The number of hydrogen-bond acceptors (Lipinski definition) is 6. The van der Waals surface area contributed by atoms with Crippen LogP contribution in [0.5, 0.6) is 0 Å². The van der Waals surface area contributed by atoms with Gasteiger partial charge in [-0.2, -0.15) is 0 Å². The number of carbonyl (C=O) groups is 2. The number of aromatic nitrogens is 1. The molecule has 3 heterocycles. The zero-order valence-electron chi connectivity index (χ0n) is 15.1. The maximum atomic E-state index is 12.7. The minimum absolute atomic E-state index is 0.00667. The molecule has 2 fully saturated rings. The molecule has 2 aliphatic rings. The summed E-state index contributed by atoms with van der Waals surface area (Å²) in [5.41, 5.74) is 0.157. The molecule has 26 heavy (non-hydrogen) atoms. The van der Waals surface area contributed by atoms with Crippen LogP contribution in [-0.2, 0) is 9.47 Å². The van der Waals surface area contributed by atoms with E-state index in [2.05, 4.69) is 10.9 Å². The van der Waals surface area contributed by atoms with Gasteiger partial charge in [0, 0.05) is 24.4 Å². The summed E-state index contributed by atoms with van der Waals surface area (Å²) in [7, 11) is 0. The Labute approximate surface area is 157 Å². The monoisotopic (exact) mass is 377 g/mol. The Hall–Kier alpha value is -2.11. The highest BCUT2D eigenvalue weighted by Crippen LogP contribution is 2.32. The van der Waals surface area contributed by atoms with Gasteiger partial charge in [0.25, 0.3) is 5.91 Å². The van der Waals surface area contributed by atoms with Crippen LogP contribution in [0.25, 0.3) is 0 Å². The Morgan fingerprint density at radius 3 is 2.81 bits per heavy atom. The first-order valence-corrected chi connectivity index (χ1v) is 9.50. The van der Waals surface area contributed by atoms with Crippen LogP contribution in [0.1, 0.15) is 48.1 Å². The van der Waals surface area contributed by atoms with Crippen molar-refractivity contribution >= 4 is 23.3 Å². The van der Waals surface area contributed by atoms with Crippen molar-refractivity contribution < 1.29 is 19.1 Å². The maximum Gasteiger partial charge on any atom is 0.410 e. The molecule has 1 aromatic rings. The summed E-state index contributed by atoms with van der Waals surface area (Å²) in [5, 5.41) is 2.77. The number of likely N-dealkylation sites (tertiary alicyclic amines) is 1. The maximum absolute atomic E-state index is 12.7. The Kier molecular flexibility index (Phi) is 5.49. The van der Waals surface area contributed by atoms with E-state index in [1.165, 1.54) is 11.3 Å². The smallest absolute Gasteiger partial charge is 0.410 e. The standard InChI is InChI=1S/C18H23N3O4S/c1-4-9-25-17(23)20-7-5-13(6-8-20)15-19-14(10-26-15)16(22)21-12-24-11-18(21,2)3/h1,10,13H,5-9,11-12H2,2-3H3. The molecule has 0 radical (unpaired) electrons. The molecular weight excluding hydrogens is 354 g/mol. The van der Waals surface area contributed by atoms with E-state index in [0.29, 0.717) is 32.1 Å². The van der Waals surface area contributed by atoms with Crippen LogP contribution in [0.3, 0.4) is 0 Å². The zero-order chi connectivity index (χ0) is 18.7. The summed E-state index contributed by atoms with van der Waals surface area (Å²) in [5.74, 6) is 2.45. The molecule has 0 aliphatic carbocycles. The van der Waals surface area contributed by atoms with Crippen molar-refractivity contribution in [3.63, 3.8) is 0 Å². The van der Waals surface area contributed by atoms with E-state index in [1.807, 2.05) is 19.2 Å². The predicted molar refractivity (Wildman–Crippen MR) is 96.9 cm³/mol. The van der Waals surface area contributed by atoms with Gasteiger partial charge < -0.3 is 19.3 Å². The third-order valence-corrected chi connectivity index (χ3v) is 5.78. The number of piperidine rings is 1. The lowest BCUT2D eigenvalue weighted by atomic mass is 9.98. The Balaban J connectivity index is 1.58. The Morgan fingerprint density at radius 2 is 2.19 bits per heavy atom. The van der Waals surface area contributed by atoms with E-state index in [1.54, 1.807) is 9.80 Å². The summed E-state index contributed by atoms with van der Waals surface area (Å²) >= 11 is 1.51. The summed E-state index contributed by atoms with van der Waals surface area (Å²) in [6.07, 6.45) is 6.33. The lowest BCUT2D eigenvalue weighted by Gasteiger charge is -2.30. The van der Waals surface area contributed by atoms with E-state index < -0.39 is 0 Å². The molecule has 1 aromatic heterocycles. The molecule has 2 amide bonds. The van der Waals surface area contributed by atoms with Crippen molar-refractivity contribution in [2.45, 2.75) is 38.1 Å². The topological polar surface area (TPSA) is 72.0 Å². The second kappa shape index (κ2) is 7.64. The highest BCUT2D eigenvalue weighted by Gasteiger charge is 2.38. The van der Waals surface area contributed by atoms with Crippen LogP contribution in [0, 0.1) is 12.3 Å². The Morgan fingerprint density at radius 1 is 1.46 bits per heavy atom. The van der Waals surface area contributed by atoms with Crippen LogP contribution in [0.4, 0.5) is 4.79 Å². The van der Waals surface area contributed by atoms with Gasteiger partial charge in [0.1, 0.15) is 12.4 Å². The van der Waals surface area contributed by atoms with Gasteiger partial charge in [-0.1, -0.05) is 5.92 Å². The minimum atomic E-state index is -0.368. The minimum Gasteiger partial charge on any atom is -0.436 e. The highest BCUT2D eigenvalue weighted by atomic mass is 32.1. The molecule has 3 rings (SSSR count). The second-order valence-electron chi connectivity index (χ2n) is 7.11. The summed E-state index contributed by atoms with van der Waals surface area (Å²) in [6, 6.07) is 0. The molecule has 8 heteroatoms. The largest absolute Gasteiger partial charge is 0.436 e. The fourth-order valence-corrected chi connectivity index (χ4v) is 4.15. The number of ether oxygens (including phenoxy) is 2. The molecule has 2 aliphatic heterocycles. The van der Waals surface area contributed by atoms with Crippen molar-refractivity contribution in [1.82, 2.24) is 14.8 Å². The molecule has 0 N–H and O–H groups in total. The quantitative estimate of drug-likeness (QED) is 0.756. The summed E-state index contributed by atoms with van der Waals surface area (Å²) < 4.78 is 10.4.